The summed E-state index contributed by atoms with van der Waals surface area (Å²) in [6.07, 6.45) is 0.126. The summed E-state index contributed by atoms with van der Waals surface area (Å²) in [6, 6.07) is 7.71. The molecular weight excluding hydrogens is 250 g/mol. The van der Waals surface area contributed by atoms with Crippen LogP contribution in [0.15, 0.2) is 24.3 Å². The normalized spacial score (nSPS) is 22.9. The van der Waals surface area contributed by atoms with E-state index in [0.717, 1.165) is 23.7 Å². The molecule has 1 aliphatic rings. The van der Waals surface area contributed by atoms with Gasteiger partial charge in [-0.15, -0.1) is 0 Å². The highest BCUT2D eigenvalue weighted by Crippen LogP contribution is 2.16. The number of morpholine rings is 1. The van der Waals surface area contributed by atoms with E-state index in [9.17, 15) is 0 Å². The minimum atomic E-state index is -0.105. The molecule has 1 fully saturated rings. The monoisotopic (exact) mass is 269 g/mol. The zero-order valence-electron chi connectivity index (χ0n) is 10.9. The van der Waals surface area contributed by atoms with E-state index in [-0.39, 0.29) is 11.7 Å². The number of hydrogen-bond acceptors (Lipinski definition) is 3. The van der Waals surface area contributed by atoms with E-state index in [1.807, 2.05) is 24.3 Å². The molecule has 100 valence electrons. The molecule has 0 aliphatic carbocycles. The topological polar surface area (TPSA) is 30.5 Å². The lowest BCUT2D eigenvalue weighted by Gasteiger charge is -2.36. The van der Waals surface area contributed by atoms with Crippen LogP contribution in [0.5, 0.6) is 0 Å². The highest BCUT2D eigenvalue weighted by Gasteiger charge is 2.28. The predicted molar refractivity (Wildman–Crippen MR) is 72.9 cm³/mol. The zero-order valence-corrected chi connectivity index (χ0v) is 11.7. The fraction of sp³-hybridized carbons (Fsp3) is 0.571. The van der Waals surface area contributed by atoms with Crippen molar-refractivity contribution in [3.8, 4) is 0 Å². The number of halogens is 1. The van der Waals surface area contributed by atoms with Gasteiger partial charge in [-0.2, -0.15) is 0 Å². The first-order chi connectivity index (χ1) is 8.55. The van der Waals surface area contributed by atoms with Crippen molar-refractivity contribution < 1.29 is 9.47 Å². The Morgan fingerprint density at radius 3 is 2.78 bits per heavy atom. The van der Waals surface area contributed by atoms with E-state index in [4.69, 9.17) is 21.1 Å². The summed E-state index contributed by atoms with van der Waals surface area (Å²) in [5, 5.41) is 4.11. The second-order valence-corrected chi connectivity index (χ2v) is 5.71. The molecule has 18 heavy (non-hydrogen) atoms. The zero-order chi connectivity index (χ0) is 13.0. The highest BCUT2D eigenvalue weighted by molar-refractivity contribution is 6.30. The van der Waals surface area contributed by atoms with Gasteiger partial charge in [0.15, 0.2) is 0 Å². The molecule has 0 spiro atoms. The first-order valence-electron chi connectivity index (χ1n) is 6.26. The van der Waals surface area contributed by atoms with E-state index in [1.165, 1.54) is 0 Å². The molecule has 0 aromatic heterocycles. The standard InChI is InChI=1S/C14H20ClNO2/c1-14(2)10-16-7-13(18-14)9-17-8-11-3-5-12(15)6-4-11/h3-6,13,16H,7-10H2,1-2H3. The molecule has 1 heterocycles. The summed E-state index contributed by atoms with van der Waals surface area (Å²) in [4.78, 5) is 0. The molecule has 1 atom stereocenters. The Morgan fingerprint density at radius 1 is 1.39 bits per heavy atom. The predicted octanol–water partition coefficient (Wildman–Crippen LogP) is 2.62. The Labute approximate surface area is 113 Å². The Bertz CT molecular complexity index is 378. The number of rotatable bonds is 4. The molecule has 0 radical (unpaired) electrons. The van der Waals surface area contributed by atoms with Gasteiger partial charge in [-0.25, -0.2) is 0 Å². The summed E-state index contributed by atoms with van der Waals surface area (Å²) in [5.74, 6) is 0. The van der Waals surface area contributed by atoms with Crippen LogP contribution in [-0.2, 0) is 16.1 Å². The molecule has 1 N–H and O–H groups in total. The van der Waals surface area contributed by atoms with Gasteiger partial charge < -0.3 is 14.8 Å². The van der Waals surface area contributed by atoms with Gasteiger partial charge in [-0.3, -0.25) is 0 Å². The fourth-order valence-corrected chi connectivity index (χ4v) is 2.18. The van der Waals surface area contributed by atoms with Gasteiger partial charge in [0, 0.05) is 18.1 Å². The van der Waals surface area contributed by atoms with E-state index in [2.05, 4.69) is 19.2 Å². The third kappa shape index (κ3) is 4.25. The quantitative estimate of drug-likeness (QED) is 0.912. The SMILES string of the molecule is CC1(C)CNCC(COCc2ccc(Cl)cc2)O1. The minimum Gasteiger partial charge on any atom is -0.374 e. The summed E-state index contributed by atoms with van der Waals surface area (Å²) in [6.45, 7) is 7.12. The van der Waals surface area contributed by atoms with Crippen molar-refractivity contribution >= 4 is 11.6 Å². The smallest absolute Gasteiger partial charge is 0.0940 e. The van der Waals surface area contributed by atoms with Gasteiger partial charge in [0.1, 0.15) is 0 Å². The number of nitrogens with one attached hydrogen (secondary N) is 1. The maximum atomic E-state index is 5.92. The minimum absolute atomic E-state index is 0.105. The molecule has 0 bridgehead atoms. The first kappa shape index (κ1) is 13.8. The third-order valence-electron chi connectivity index (χ3n) is 2.89. The van der Waals surface area contributed by atoms with Crippen LogP contribution in [0.2, 0.25) is 5.02 Å². The molecule has 0 saturated carbocycles. The van der Waals surface area contributed by atoms with Gasteiger partial charge in [0.2, 0.25) is 0 Å². The largest absolute Gasteiger partial charge is 0.374 e. The Hall–Kier alpha value is -0.610. The van der Waals surface area contributed by atoms with Gasteiger partial charge in [0.25, 0.3) is 0 Å². The van der Waals surface area contributed by atoms with Crippen molar-refractivity contribution in [1.82, 2.24) is 5.32 Å². The van der Waals surface area contributed by atoms with E-state index < -0.39 is 0 Å². The Morgan fingerprint density at radius 2 is 2.11 bits per heavy atom. The lowest BCUT2D eigenvalue weighted by Crippen LogP contribution is -2.51. The Balaban J connectivity index is 1.73. The summed E-state index contributed by atoms with van der Waals surface area (Å²) >= 11 is 5.83. The molecule has 0 amide bonds. The molecular formula is C14H20ClNO2. The van der Waals surface area contributed by atoms with Crippen LogP contribution in [-0.4, -0.2) is 31.4 Å². The van der Waals surface area contributed by atoms with E-state index >= 15 is 0 Å². The Kier molecular flexibility index (Phi) is 4.62. The van der Waals surface area contributed by atoms with Crippen molar-refractivity contribution in [3.05, 3.63) is 34.9 Å². The molecule has 1 aromatic carbocycles. The van der Waals surface area contributed by atoms with Crippen LogP contribution in [0.4, 0.5) is 0 Å². The second-order valence-electron chi connectivity index (χ2n) is 5.27. The molecule has 4 heteroatoms. The molecule has 1 unspecified atom stereocenters. The van der Waals surface area contributed by atoms with E-state index in [1.54, 1.807) is 0 Å². The first-order valence-corrected chi connectivity index (χ1v) is 6.64. The van der Waals surface area contributed by atoms with Crippen molar-refractivity contribution in [2.24, 2.45) is 0 Å². The second kappa shape index (κ2) is 6.02. The van der Waals surface area contributed by atoms with Crippen LogP contribution < -0.4 is 5.32 Å². The van der Waals surface area contributed by atoms with Crippen LogP contribution in [0.25, 0.3) is 0 Å². The molecule has 1 aliphatic heterocycles. The van der Waals surface area contributed by atoms with Crippen LogP contribution in [0.1, 0.15) is 19.4 Å². The number of ether oxygens (including phenoxy) is 2. The third-order valence-corrected chi connectivity index (χ3v) is 3.15. The van der Waals surface area contributed by atoms with Gasteiger partial charge >= 0.3 is 0 Å². The summed E-state index contributed by atoms with van der Waals surface area (Å²) < 4.78 is 11.6. The molecule has 2 rings (SSSR count). The van der Waals surface area contributed by atoms with Gasteiger partial charge in [-0.1, -0.05) is 23.7 Å². The van der Waals surface area contributed by atoms with Crippen LogP contribution in [0.3, 0.4) is 0 Å². The van der Waals surface area contributed by atoms with Crippen LogP contribution >= 0.6 is 11.6 Å². The molecule has 1 aromatic rings. The van der Waals surface area contributed by atoms with Crippen molar-refractivity contribution in [1.29, 1.82) is 0 Å². The van der Waals surface area contributed by atoms with Crippen molar-refractivity contribution in [3.63, 3.8) is 0 Å². The lowest BCUT2D eigenvalue weighted by atomic mass is 10.1. The lowest BCUT2D eigenvalue weighted by molar-refractivity contribution is -0.122. The fourth-order valence-electron chi connectivity index (χ4n) is 2.05. The summed E-state index contributed by atoms with van der Waals surface area (Å²) in [5.41, 5.74) is 1.02. The summed E-state index contributed by atoms with van der Waals surface area (Å²) in [7, 11) is 0. The maximum absolute atomic E-state index is 5.92. The van der Waals surface area contributed by atoms with Crippen LogP contribution in [0, 0.1) is 0 Å². The number of hydrogen-bond donors (Lipinski definition) is 1. The number of benzene rings is 1. The van der Waals surface area contributed by atoms with Gasteiger partial charge in [0.05, 0.1) is 24.9 Å². The highest BCUT2D eigenvalue weighted by atomic mass is 35.5. The van der Waals surface area contributed by atoms with Crippen molar-refractivity contribution in [2.45, 2.75) is 32.2 Å². The average molecular weight is 270 g/mol. The van der Waals surface area contributed by atoms with Crippen molar-refractivity contribution in [2.75, 3.05) is 19.7 Å². The average Bonchev–Trinajstić information content (AvgIpc) is 2.30. The van der Waals surface area contributed by atoms with E-state index in [0.29, 0.717) is 13.2 Å². The molecule has 3 nitrogen and oxygen atoms in total. The molecule has 1 saturated heterocycles. The van der Waals surface area contributed by atoms with Gasteiger partial charge in [-0.05, 0) is 31.5 Å². The maximum Gasteiger partial charge on any atom is 0.0940 e.